The number of aromatic nitrogens is 1. The van der Waals surface area contributed by atoms with Gasteiger partial charge in [-0.15, -0.1) is 11.3 Å². The standard InChI is InChI=1S/C17H25N7O9S2/c1-17(2,15(28)29)7-33-23-11(8-6-34-16(19)21-8)13(26)22-12-9(5-10(25)20-4-3-18)24(14(12)27)35(30,31)32/h6,9,12H,3-5,7,18H2,1-2H3,(H2,19,21)(H,20,25)(H,22,26)(H,28,29)(H,30,31,32)/b23-11-/t9-,12-/m0/s1. The molecule has 0 bridgehead atoms. The van der Waals surface area contributed by atoms with Gasteiger partial charge in [0.15, 0.2) is 10.8 Å². The Morgan fingerprint density at radius 3 is 2.54 bits per heavy atom. The number of carbonyl (C=O) groups excluding carboxylic acids is 3. The van der Waals surface area contributed by atoms with Crippen molar-refractivity contribution >= 4 is 56.2 Å². The van der Waals surface area contributed by atoms with E-state index in [1.54, 1.807) is 0 Å². The van der Waals surface area contributed by atoms with Crippen molar-refractivity contribution in [2.45, 2.75) is 32.4 Å². The molecule has 1 aliphatic rings. The number of rotatable bonds is 12. The predicted molar refractivity (Wildman–Crippen MR) is 121 cm³/mol. The van der Waals surface area contributed by atoms with E-state index in [9.17, 15) is 37.3 Å². The summed E-state index contributed by atoms with van der Waals surface area (Å²) in [4.78, 5) is 57.6. The zero-order valence-corrected chi connectivity index (χ0v) is 20.3. The van der Waals surface area contributed by atoms with Crippen molar-refractivity contribution in [1.29, 1.82) is 0 Å². The molecule has 18 heteroatoms. The highest BCUT2D eigenvalue weighted by molar-refractivity contribution is 7.84. The van der Waals surface area contributed by atoms with Crippen molar-refractivity contribution in [3.63, 3.8) is 0 Å². The molecule has 2 heterocycles. The summed E-state index contributed by atoms with van der Waals surface area (Å²) in [7, 11) is -5.02. The summed E-state index contributed by atoms with van der Waals surface area (Å²) in [6.45, 7) is 2.48. The summed E-state index contributed by atoms with van der Waals surface area (Å²) in [5.74, 6) is -4.11. The van der Waals surface area contributed by atoms with Crippen LogP contribution in [0.15, 0.2) is 10.5 Å². The van der Waals surface area contributed by atoms with Crippen molar-refractivity contribution in [2.75, 3.05) is 25.4 Å². The van der Waals surface area contributed by atoms with Crippen molar-refractivity contribution in [3.8, 4) is 0 Å². The summed E-state index contributed by atoms with van der Waals surface area (Å²) < 4.78 is 32.6. The molecule has 194 valence electrons. The number of nitrogens with two attached hydrogens (primary N) is 2. The molecule has 1 saturated heterocycles. The van der Waals surface area contributed by atoms with Crippen LogP contribution in [-0.4, -0.2) is 88.5 Å². The van der Waals surface area contributed by atoms with E-state index in [1.807, 2.05) is 0 Å². The fraction of sp³-hybridized carbons (Fsp3) is 0.529. The Morgan fingerprint density at radius 1 is 1.37 bits per heavy atom. The van der Waals surface area contributed by atoms with Crippen LogP contribution in [0, 0.1) is 5.41 Å². The first-order chi connectivity index (χ1) is 16.2. The number of carboxylic acids is 1. The molecule has 2 atom stereocenters. The Balaban J connectivity index is 2.27. The van der Waals surface area contributed by atoms with Crippen LogP contribution in [0.2, 0.25) is 0 Å². The Morgan fingerprint density at radius 2 is 2.03 bits per heavy atom. The monoisotopic (exact) mass is 535 g/mol. The van der Waals surface area contributed by atoms with E-state index >= 15 is 0 Å². The molecule has 1 aromatic heterocycles. The number of nitrogens with zero attached hydrogens (tertiary/aromatic N) is 3. The number of amides is 3. The first-order valence-electron chi connectivity index (χ1n) is 9.92. The van der Waals surface area contributed by atoms with Crippen LogP contribution in [0.1, 0.15) is 26.0 Å². The number of β-lactam (4-membered cyclic amide) rings is 1. The van der Waals surface area contributed by atoms with Gasteiger partial charge in [0.2, 0.25) is 5.91 Å². The van der Waals surface area contributed by atoms with E-state index in [0.29, 0.717) is 0 Å². The van der Waals surface area contributed by atoms with Gasteiger partial charge < -0.3 is 32.0 Å². The molecule has 0 aliphatic carbocycles. The Hall–Kier alpha value is -3.35. The summed E-state index contributed by atoms with van der Waals surface area (Å²) in [5.41, 5.74) is 8.99. The van der Waals surface area contributed by atoms with E-state index in [0.717, 1.165) is 11.3 Å². The van der Waals surface area contributed by atoms with E-state index < -0.39 is 70.2 Å². The lowest BCUT2D eigenvalue weighted by Gasteiger charge is -2.43. The third kappa shape index (κ3) is 6.84. The minimum absolute atomic E-state index is 0.0613. The van der Waals surface area contributed by atoms with Crippen LogP contribution in [-0.2, 0) is 34.3 Å². The van der Waals surface area contributed by atoms with E-state index in [4.69, 9.17) is 16.3 Å². The second-order valence-corrected chi connectivity index (χ2v) is 10.1. The van der Waals surface area contributed by atoms with Crippen LogP contribution >= 0.6 is 11.3 Å². The van der Waals surface area contributed by atoms with Gasteiger partial charge in [-0.1, -0.05) is 5.16 Å². The molecule has 35 heavy (non-hydrogen) atoms. The summed E-state index contributed by atoms with van der Waals surface area (Å²) in [5, 5.41) is 18.9. The number of thiazole rings is 1. The number of nitrogen functional groups attached to an aromatic ring is 1. The molecule has 0 unspecified atom stereocenters. The fourth-order valence-electron chi connectivity index (χ4n) is 2.77. The second-order valence-electron chi connectivity index (χ2n) is 7.95. The Kier molecular flexibility index (Phi) is 8.71. The molecule has 16 nitrogen and oxygen atoms in total. The van der Waals surface area contributed by atoms with Crippen LogP contribution in [0.3, 0.4) is 0 Å². The first-order valence-corrected chi connectivity index (χ1v) is 12.2. The molecular weight excluding hydrogens is 510 g/mol. The van der Waals surface area contributed by atoms with Crippen molar-refractivity contribution in [2.24, 2.45) is 16.3 Å². The number of anilines is 1. The van der Waals surface area contributed by atoms with Gasteiger partial charge in [0.05, 0.1) is 17.9 Å². The van der Waals surface area contributed by atoms with Gasteiger partial charge in [-0.25, -0.2) is 9.29 Å². The Labute approximate surface area is 203 Å². The molecule has 0 spiro atoms. The quantitative estimate of drug-likeness (QED) is 0.0703. The van der Waals surface area contributed by atoms with Gasteiger partial charge in [-0.3, -0.25) is 23.7 Å². The van der Waals surface area contributed by atoms with Gasteiger partial charge in [0, 0.05) is 18.5 Å². The first kappa shape index (κ1) is 27.9. The highest BCUT2D eigenvalue weighted by Crippen LogP contribution is 2.26. The minimum atomic E-state index is -5.02. The lowest BCUT2D eigenvalue weighted by atomic mass is 9.94. The summed E-state index contributed by atoms with van der Waals surface area (Å²) in [6, 6.07) is -2.96. The zero-order chi connectivity index (χ0) is 26.6. The van der Waals surface area contributed by atoms with Gasteiger partial charge in [0.1, 0.15) is 18.3 Å². The topological polar surface area (TPSA) is 257 Å². The predicted octanol–water partition coefficient (Wildman–Crippen LogP) is -2.48. The van der Waals surface area contributed by atoms with Gasteiger partial charge in [0.25, 0.3) is 11.8 Å². The molecule has 0 aromatic carbocycles. The average Bonchev–Trinajstić information content (AvgIpc) is 3.17. The van der Waals surface area contributed by atoms with Crippen LogP contribution < -0.4 is 22.1 Å². The van der Waals surface area contributed by atoms with E-state index in [2.05, 4.69) is 20.8 Å². The largest absolute Gasteiger partial charge is 0.481 e. The molecule has 3 amide bonds. The average molecular weight is 536 g/mol. The molecule has 1 aliphatic heterocycles. The van der Waals surface area contributed by atoms with Crippen LogP contribution in [0.5, 0.6) is 0 Å². The SMILES string of the molecule is CC(C)(CO/N=C(\C(=O)N[C@@H]1C(=O)N(S(=O)(=O)O)[C@H]1CC(=O)NCCN)c1csc(N)n1)C(=O)O. The summed E-state index contributed by atoms with van der Waals surface area (Å²) in [6.07, 6.45) is -0.574. The molecular formula is C17H25N7O9S2. The number of carbonyl (C=O) groups is 4. The van der Waals surface area contributed by atoms with Crippen molar-refractivity contribution < 1.29 is 42.1 Å². The van der Waals surface area contributed by atoms with Crippen LogP contribution in [0.4, 0.5) is 5.13 Å². The molecule has 1 fully saturated rings. The lowest BCUT2D eigenvalue weighted by molar-refractivity contribution is -0.150. The number of carboxylic acid groups (broad SMARTS) is 1. The third-order valence-corrected chi connectivity index (χ3v) is 6.33. The van der Waals surface area contributed by atoms with Crippen LogP contribution in [0.25, 0.3) is 0 Å². The molecule has 1 aromatic rings. The molecule has 0 radical (unpaired) electrons. The highest BCUT2D eigenvalue weighted by atomic mass is 32.2. The molecule has 0 saturated carbocycles. The zero-order valence-electron chi connectivity index (χ0n) is 18.6. The second kappa shape index (κ2) is 10.9. The summed E-state index contributed by atoms with van der Waals surface area (Å²) >= 11 is 0.959. The number of oxime groups is 1. The lowest BCUT2D eigenvalue weighted by Crippen LogP contribution is -2.73. The highest BCUT2D eigenvalue weighted by Gasteiger charge is 2.54. The van der Waals surface area contributed by atoms with Crippen molar-refractivity contribution in [3.05, 3.63) is 11.1 Å². The maximum atomic E-state index is 12.9. The Bertz CT molecular complexity index is 1130. The van der Waals surface area contributed by atoms with Gasteiger partial charge in [-0.2, -0.15) is 8.42 Å². The maximum Gasteiger partial charge on any atom is 0.362 e. The fourth-order valence-corrected chi connectivity index (χ4v) is 4.19. The van der Waals surface area contributed by atoms with E-state index in [1.165, 1.54) is 19.2 Å². The molecule has 8 N–H and O–H groups in total. The smallest absolute Gasteiger partial charge is 0.362 e. The number of hydrogen-bond acceptors (Lipinski definition) is 12. The molecule has 2 rings (SSSR count). The minimum Gasteiger partial charge on any atom is -0.481 e. The normalized spacial score (nSPS) is 18.6. The van der Waals surface area contributed by atoms with Crippen molar-refractivity contribution in [1.82, 2.24) is 19.9 Å². The third-order valence-electron chi connectivity index (χ3n) is 4.71. The van der Waals surface area contributed by atoms with E-state index in [-0.39, 0.29) is 28.2 Å². The number of hydrogen-bond donors (Lipinski definition) is 6. The van der Waals surface area contributed by atoms with Gasteiger partial charge >= 0.3 is 16.3 Å². The maximum absolute atomic E-state index is 12.9. The van der Waals surface area contributed by atoms with Gasteiger partial charge in [-0.05, 0) is 13.8 Å². The number of nitrogens with one attached hydrogen (secondary N) is 2. The number of aliphatic carboxylic acids is 1.